The van der Waals surface area contributed by atoms with E-state index >= 15 is 0 Å². The van der Waals surface area contributed by atoms with Crippen LogP contribution in [0.5, 0.6) is 0 Å². The number of hydrogen-bond donors (Lipinski definition) is 3. The smallest absolute Gasteiger partial charge is 0.323 e. The Bertz CT molecular complexity index is 346. The first-order valence-electron chi connectivity index (χ1n) is 4.73. The minimum Gasteiger partial charge on any atom is -0.480 e. The minimum atomic E-state index is -3.79. The lowest BCUT2D eigenvalue weighted by atomic mass is 10.0. The summed E-state index contributed by atoms with van der Waals surface area (Å²) in [7, 11) is -3.79. The molecule has 7 heteroatoms. The summed E-state index contributed by atoms with van der Waals surface area (Å²) in [6.07, 6.45) is 0.665. The molecule has 1 heterocycles. The lowest BCUT2D eigenvalue weighted by Gasteiger charge is -2.25. The van der Waals surface area contributed by atoms with Crippen LogP contribution in [0.2, 0.25) is 0 Å². The second kappa shape index (κ2) is 4.07. The van der Waals surface area contributed by atoms with Crippen LogP contribution in [-0.4, -0.2) is 43.4 Å². The van der Waals surface area contributed by atoms with Crippen LogP contribution in [0.1, 0.15) is 20.3 Å². The summed E-state index contributed by atoms with van der Waals surface area (Å²) in [5, 5.41) is 10.2. The second-order valence-corrected chi connectivity index (χ2v) is 6.12. The molecule has 0 radical (unpaired) electrons. The van der Waals surface area contributed by atoms with Gasteiger partial charge in [0.05, 0.1) is 0 Å². The average Bonchev–Trinajstić information content (AvgIpc) is 2.49. The van der Waals surface area contributed by atoms with E-state index in [0.717, 1.165) is 13.5 Å². The molecule has 6 nitrogen and oxygen atoms in total. The highest BCUT2D eigenvalue weighted by Crippen LogP contribution is 2.16. The van der Waals surface area contributed by atoms with Gasteiger partial charge < -0.3 is 10.4 Å². The molecular formula is C8H16N2O4S. The van der Waals surface area contributed by atoms with Gasteiger partial charge in [0.1, 0.15) is 0 Å². The van der Waals surface area contributed by atoms with E-state index in [-0.39, 0.29) is 0 Å². The summed E-state index contributed by atoms with van der Waals surface area (Å²) in [5.41, 5.74) is -0.567. The quantitative estimate of drug-likeness (QED) is 0.590. The third-order valence-corrected chi connectivity index (χ3v) is 4.48. The van der Waals surface area contributed by atoms with Gasteiger partial charge in [0.2, 0.25) is 10.0 Å². The zero-order valence-corrected chi connectivity index (χ0v) is 9.60. The van der Waals surface area contributed by atoms with E-state index in [4.69, 9.17) is 5.11 Å². The molecule has 15 heavy (non-hydrogen) atoms. The minimum absolute atomic E-state index is 0.526. The predicted octanol–water partition coefficient (Wildman–Crippen LogP) is -0.869. The fraction of sp³-hybridized carbons (Fsp3) is 0.875. The van der Waals surface area contributed by atoms with Crippen molar-refractivity contribution < 1.29 is 18.3 Å². The maximum atomic E-state index is 11.6. The zero-order valence-electron chi connectivity index (χ0n) is 8.78. The molecule has 0 bridgehead atoms. The molecule has 0 aromatic carbocycles. The van der Waals surface area contributed by atoms with Crippen molar-refractivity contribution in [1.82, 2.24) is 10.0 Å². The van der Waals surface area contributed by atoms with Crippen molar-refractivity contribution >= 4 is 16.0 Å². The molecule has 0 aromatic rings. The van der Waals surface area contributed by atoms with Crippen LogP contribution >= 0.6 is 0 Å². The largest absolute Gasteiger partial charge is 0.480 e. The number of carboxylic acid groups (broad SMARTS) is 1. The molecule has 2 atom stereocenters. The van der Waals surface area contributed by atoms with E-state index in [0.29, 0.717) is 13.0 Å². The van der Waals surface area contributed by atoms with E-state index in [9.17, 15) is 13.2 Å². The highest BCUT2D eigenvalue weighted by molar-refractivity contribution is 7.90. The fourth-order valence-corrected chi connectivity index (χ4v) is 2.77. The summed E-state index contributed by atoms with van der Waals surface area (Å²) < 4.78 is 25.7. The Hall–Kier alpha value is -0.660. The number of hydrogen-bond acceptors (Lipinski definition) is 4. The van der Waals surface area contributed by atoms with Crippen molar-refractivity contribution in [1.29, 1.82) is 0 Å². The summed E-state index contributed by atoms with van der Waals surface area (Å²) in [6, 6.07) is 0. The lowest BCUT2D eigenvalue weighted by Crippen LogP contribution is -2.51. The van der Waals surface area contributed by atoms with Crippen LogP contribution in [0.25, 0.3) is 0 Å². The van der Waals surface area contributed by atoms with Crippen LogP contribution in [-0.2, 0) is 14.8 Å². The number of sulfonamides is 1. The van der Waals surface area contributed by atoms with Gasteiger partial charge in [-0.05, 0) is 26.8 Å². The normalized spacial score (nSPS) is 28.9. The molecule has 0 amide bonds. The number of nitrogens with one attached hydrogen (secondary N) is 2. The molecule has 1 rings (SSSR count). The maximum Gasteiger partial charge on any atom is 0.323 e. The number of carbonyl (C=O) groups is 1. The average molecular weight is 236 g/mol. The Balaban J connectivity index is 2.76. The van der Waals surface area contributed by atoms with Gasteiger partial charge in [-0.25, -0.2) is 13.1 Å². The Morgan fingerprint density at radius 3 is 2.60 bits per heavy atom. The Labute approximate surface area is 89.1 Å². The van der Waals surface area contributed by atoms with Crippen molar-refractivity contribution in [2.24, 2.45) is 0 Å². The molecule has 1 aliphatic rings. The first-order chi connectivity index (χ1) is 6.77. The van der Waals surface area contributed by atoms with Gasteiger partial charge >= 0.3 is 5.97 Å². The van der Waals surface area contributed by atoms with Gasteiger partial charge in [0.15, 0.2) is 5.25 Å². The van der Waals surface area contributed by atoms with Gasteiger partial charge in [0.25, 0.3) is 0 Å². The molecule has 88 valence electrons. The van der Waals surface area contributed by atoms with Crippen LogP contribution in [0.3, 0.4) is 0 Å². The molecule has 2 unspecified atom stereocenters. The number of carboxylic acids is 1. The number of rotatable bonds is 4. The summed E-state index contributed by atoms with van der Waals surface area (Å²) in [4.78, 5) is 10.6. The third-order valence-electron chi connectivity index (χ3n) is 2.57. The Morgan fingerprint density at radius 2 is 2.20 bits per heavy atom. The zero-order chi connectivity index (χ0) is 11.7. The Morgan fingerprint density at radius 1 is 1.60 bits per heavy atom. The third kappa shape index (κ3) is 2.90. The molecule has 0 saturated carbocycles. The van der Waals surface area contributed by atoms with E-state index in [1.54, 1.807) is 6.92 Å². The van der Waals surface area contributed by atoms with Crippen molar-refractivity contribution in [2.45, 2.75) is 31.1 Å². The predicted molar refractivity (Wildman–Crippen MR) is 55.0 cm³/mol. The number of aliphatic carboxylic acids is 1. The lowest BCUT2D eigenvalue weighted by molar-refractivity contribution is -0.136. The van der Waals surface area contributed by atoms with Gasteiger partial charge in [-0.2, -0.15) is 0 Å². The van der Waals surface area contributed by atoms with Crippen LogP contribution in [0.4, 0.5) is 0 Å². The van der Waals surface area contributed by atoms with Crippen molar-refractivity contribution in [2.75, 3.05) is 13.1 Å². The van der Waals surface area contributed by atoms with Crippen molar-refractivity contribution in [3.05, 3.63) is 0 Å². The molecule has 3 N–H and O–H groups in total. The van der Waals surface area contributed by atoms with Crippen molar-refractivity contribution in [3.63, 3.8) is 0 Å². The highest BCUT2D eigenvalue weighted by atomic mass is 32.2. The maximum absolute atomic E-state index is 11.6. The van der Waals surface area contributed by atoms with E-state index < -0.39 is 26.8 Å². The van der Waals surface area contributed by atoms with Gasteiger partial charge in [-0.1, -0.05) is 0 Å². The van der Waals surface area contributed by atoms with Gasteiger partial charge in [0, 0.05) is 12.1 Å². The molecule has 0 aromatic heterocycles. The van der Waals surface area contributed by atoms with E-state index in [1.165, 1.54) is 0 Å². The molecule has 1 saturated heterocycles. The summed E-state index contributed by atoms with van der Waals surface area (Å²) in [5.74, 6) is -1.34. The second-order valence-electron chi connectivity index (χ2n) is 4.11. The topological polar surface area (TPSA) is 95.5 Å². The van der Waals surface area contributed by atoms with Gasteiger partial charge in [-0.15, -0.1) is 0 Å². The monoisotopic (exact) mass is 236 g/mol. The summed E-state index contributed by atoms with van der Waals surface area (Å²) >= 11 is 0. The SMILES string of the molecule is CC(C(=O)O)S(=O)(=O)NC1(C)CCNC1. The van der Waals surface area contributed by atoms with E-state index in [1.807, 2.05) is 0 Å². The fourth-order valence-electron chi connectivity index (χ4n) is 1.47. The molecule has 0 spiro atoms. The standard InChI is InChI=1S/C8H16N2O4S/c1-6(7(11)12)15(13,14)10-8(2)3-4-9-5-8/h6,9-10H,3-5H2,1-2H3,(H,11,12). The first-order valence-corrected chi connectivity index (χ1v) is 6.28. The molecular weight excluding hydrogens is 220 g/mol. The van der Waals surface area contributed by atoms with E-state index in [2.05, 4.69) is 10.0 Å². The molecule has 0 aliphatic carbocycles. The van der Waals surface area contributed by atoms with Crippen LogP contribution in [0, 0.1) is 0 Å². The van der Waals surface area contributed by atoms with Crippen LogP contribution < -0.4 is 10.0 Å². The molecule has 1 aliphatic heterocycles. The Kier molecular flexibility index (Phi) is 3.37. The van der Waals surface area contributed by atoms with Gasteiger partial charge in [-0.3, -0.25) is 4.79 Å². The highest BCUT2D eigenvalue weighted by Gasteiger charge is 2.37. The van der Waals surface area contributed by atoms with Crippen molar-refractivity contribution in [3.8, 4) is 0 Å². The first kappa shape index (κ1) is 12.4. The summed E-state index contributed by atoms with van der Waals surface area (Å²) in [6.45, 7) is 4.19. The molecule has 1 fully saturated rings. The van der Waals surface area contributed by atoms with Crippen LogP contribution in [0.15, 0.2) is 0 Å².